The van der Waals surface area contributed by atoms with E-state index in [-0.39, 0.29) is 30.0 Å². The maximum Gasteiger partial charge on any atom is 0.335 e. The molecule has 0 unspecified atom stereocenters. The number of aryl methyl sites for hydroxylation is 1. The number of likely N-dealkylation sites (N-methyl/N-ethyl adjacent to an activating group) is 1. The number of aliphatic hydroxyl groups excluding tert-OH is 1. The lowest BCUT2D eigenvalue weighted by atomic mass is 10.4. The molecule has 2 amide bonds. The second-order valence-corrected chi connectivity index (χ2v) is 7.04. The Morgan fingerprint density at radius 2 is 2.04 bits per heavy atom. The molecule has 0 fully saturated rings. The number of methoxy groups -OCH3 is 1. The van der Waals surface area contributed by atoms with Crippen molar-refractivity contribution in [2.75, 3.05) is 37.5 Å². The number of aromatic nitrogens is 3. The summed E-state index contributed by atoms with van der Waals surface area (Å²) in [6.45, 7) is 1.83. The maximum absolute atomic E-state index is 12.4. The molecule has 3 N–H and O–H groups in total. The Balaban J connectivity index is 2.15. The van der Waals surface area contributed by atoms with E-state index in [2.05, 4.69) is 20.3 Å². The summed E-state index contributed by atoms with van der Waals surface area (Å²) in [5.74, 6) is 0.449. The normalized spacial score (nSPS) is 11.0. The van der Waals surface area contributed by atoms with Gasteiger partial charge in [0.05, 0.1) is 13.7 Å². The van der Waals surface area contributed by atoms with E-state index >= 15 is 0 Å². The summed E-state index contributed by atoms with van der Waals surface area (Å²) in [5.41, 5.74) is 0.529. The third-order valence-corrected chi connectivity index (χ3v) is 4.54. The van der Waals surface area contributed by atoms with Crippen molar-refractivity contribution in [1.82, 2.24) is 19.7 Å². The molecule has 27 heavy (non-hydrogen) atoms. The van der Waals surface area contributed by atoms with Gasteiger partial charge < -0.3 is 14.7 Å². The van der Waals surface area contributed by atoms with Gasteiger partial charge in [-0.05, 0) is 19.1 Å². The maximum atomic E-state index is 12.4. The smallest absolute Gasteiger partial charge is 0.335 e. The molecular weight excluding hydrogens is 376 g/mol. The molecule has 11 nitrogen and oxygen atoms in total. The molecule has 2 rings (SSSR count). The third-order valence-electron chi connectivity index (χ3n) is 3.30. The van der Waals surface area contributed by atoms with Crippen LogP contribution < -0.4 is 19.7 Å². The largest absolute Gasteiger partial charge is 0.481 e. The number of aliphatic hydroxyl groups is 1. The third kappa shape index (κ3) is 5.49. The SMILES string of the molecule is COc1cc(C)nc(NC(=O)NS(=O)(=O)c2cccc(N(C)CCO)n2)n1. The Labute approximate surface area is 156 Å². The molecule has 0 saturated carbocycles. The number of anilines is 2. The van der Waals surface area contributed by atoms with Gasteiger partial charge in [0.2, 0.25) is 11.8 Å². The highest BCUT2D eigenvalue weighted by molar-refractivity contribution is 7.90. The summed E-state index contributed by atoms with van der Waals surface area (Å²) in [6, 6.07) is 4.83. The van der Waals surface area contributed by atoms with E-state index in [1.165, 1.54) is 19.2 Å². The summed E-state index contributed by atoms with van der Waals surface area (Å²) >= 11 is 0. The topological polar surface area (TPSA) is 147 Å². The zero-order valence-electron chi connectivity index (χ0n) is 15.0. The van der Waals surface area contributed by atoms with Crippen molar-refractivity contribution in [3.05, 3.63) is 30.0 Å². The number of hydrogen-bond acceptors (Lipinski definition) is 9. The first-order chi connectivity index (χ1) is 12.7. The molecule has 0 aliphatic rings. The highest BCUT2D eigenvalue weighted by atomic mass is 32.2. The Kier molecular flexibility index (Phi) is 6.47. The van der Waals surface area contributed by atoms with Crippen LogP contribution in [-0.2, 0) is 10.0 Å². The van der Waals surface area contributed by atoms with Crippen LogP contribution in [0.5, 0.6) is 5.88 Å². The monoisotopic (exact) mass is 396 g/mol. The van der Waals surface area contributed by atoms with E-state index < -0.39 is 16.1 Å². The van der Waals surface area contributed by atoms with E-state index in [0.29, 0.717) is 11.5 Å². The Bertz CT molecular complexity index is 921. The highest BCUT2D eigenvalue weighted by Crippen LogP contribution is 2.14. The quantitative estimate of drug-likeness (QED) is 0.594. The fourth-order valence-corrected chi connectivity index (χ4v) is 2.90. The Morgan fingerprint density at radius 1 is 1.30 bits per heavy atom. The lowest BCUT2D eigenvalue weighted by Crippen LogP contribution is -2.35. The molecular formula is C15H20N6O5S. The fourth-order valence-electron chi connectivity index (χ4n) is 2.03. The number of nitrogens with zero attached hydrogens (tertiary/aromatic N) is 4. The summed E-state index contributed by atoms with van der Waals surface area (Å²) in [6.07, 6.45) is 0. The summed E-state index contributed by atoms with van der Waals surface area (Å²) in [4.78, 5) is 25.5. The summed E-state index contributed by atoms with van der Waals surface area (Å²) < 4.78 is 31.6. The number of sulfonamides is 1. The van der Waals surface area contributed by atoms with Crippen molar-refractivity contribution in [3.8, 4) is 5.88 Å². The van der Waals surface area contributed by atoms with E-state index in [1.54, 1.807) is 31.0 Å². The minimum Gasteiger partial charge on any atom is -0.481 e. The standard InChI is InChI=1S/C15H20N6O5S/c1-10-9-12(26-3)18-14(16-10)19-15(23)20-27(24,25)13-6-4-5-11(17-13)21(2)7-8-22/h4-6,9,22H,7-8H2,1-3H3,(H2,16,18,19,20,23). The molecule has 0 saturated heterocycles. The number of carbonyl (C=O) groups excluding carboxylic acids is 1. The van der Waals surface area contributed by atoms with Gasteiger partial charge >= 0.3 is 6.03 Å². The molecule has 0 aromatic carbocycles. The zero-order chi connectivity index (χ0) is 20.0. The van der Waals surface area contributed by atoms with E-state index in [9.17, 15) is 13.2 Å². The van der Waals surface area contributed by atoms with E-state index in [1.807, 2.05) is 4.72 Å². The second-order valence-electron chi connectivity index (χ2n) is 5.41. The van der Waals surface area contributed by atoms with Gasteiger partial charge in [-0.25, -0.2) is 19.5 Å². The van der Waals surface area contributed by atoms with Gasteiger partial charge in [-0.3, -0.25) is 5.32 Å². The van der Waals surface area contributed by atoms with Crippen molar-refractivity contribution in [2.24, 2.45) is 0 Å². The molecule has 146 valence electrons. The van der Waals surface area contributed by atoms with Crippen molar-refractivity contribution < 1.29 is 23.1 Å². The van der Waals surface area contributed by atoms with Crippen molar-refractivity contribution >= 4 is 27.8 Å². The predicted octanol–water partition coefficient (Wildman–Crippen LogP) is 0.128. The lowest BCUT2D eigenvalue weighted by Gasteiger charge is -2.17. The molecule has 0 atom stereocenters. The van der Waals surface area contributed by atoms with Gasteiger partial charge in [-0.15, -0.1) is 0 Å². The molecule has 0 aliphatic heterocycles. The van der Waals surface area contributed by atoms with Crippen LogP contribution in [-0.4, -0.2) is 61.8 Å². The van der Waals surface area contributed by atoms with Crippen LogP contribution in [0.25, 0.3) is 0 Å². The number of urea groups is 1. The number of carbonyl (C=O) groups is 1. The number of ether oxygens (including phenoxy) is 1. The zero-order valence-corrected chi connectivity index (χ0v) is 15.8. The summed E-state index contributed by atoms with van der Waals surface area (Å²) in [7, 11) is -1.17. The number of hydrogen-bond donors (Lipinski definition) is 3. The minimum atomic E-state index is -4.23. The fraction of sp³-hybridized carbons (Fsp3) is 0.333. The molecule has 12 heteroatoms. The van der Waals surface area contributed by atoms with Crippen LogP contribution in [0.3, 0.4) is 0 Å². The number of rotatable bonds is 7. The average Bonchev–Trinajstić information content (AvgIpc) is 2.61. The van der Waals surface area contributed by atoms with Crippen LogP contribution in [0, 0.1) is 6.92 Å². The van der Waals surface area contributed by atoms with Gasteiger partial charge in [0.25, 0.3) is 10.0 Å². The van der Waals surface area contributed by atoms with Gasteiger partial charge in [0.1, 0.15) is 5.82 Å². The molecule has 2 aromatic heterocycles. The molecule has 0 aliphatic carbocycles. The van der Waals surface area contributed by atoms with Gasteiger partial charge in [-0.1, -0.05) is 6.07 Å². The molecule has 2 aromatic rings. The first-order valence-corrected chi connectivity index (χ1v) is 9.26. The number of amides is 2. The van der Waals surface area contributed by atoms with Crippen LogP contribution in [0.1, 0.15) is 5.69 Å². The number of nitrogens with one attached hydrogen (secondary N) is 2. The van der Waals surface area contributed by atoms with Crippen LogP contribution in [0.4, 0.5) is 16.6 Å². The van der Waals surface area contributed by atoms with E-state index in [0.717, 1.165) is 0 Å². The Hall–Kier alpha value is -2.99. The first-order valence-electron chi connectivity index (χ1n) is 7.77. The van der Waals surface area contributed by atoms with Crippen molar-refractivity contribution in [3.63, 3.8) is 0 Å². The Morgan fingerprint density at radius 3 is 2.70 bits per heavy atom. The average molecular weight is 396 g/mol. The van der Waals surface area contributed by atoms with Gasteiger partial charge in [0.15, 0.2) is 5.03 Å². The first kappa shape index (κ1) is 20.3. The number of pyridine rings is 1. The highest BCUT2D eigenvalue weighted by Gasteiger charge is 2.21. The molecule has 0 radical (unpaired) electrons. The lowest BCUT2D eigenvalue weighted by molar-refractivity contribution is 0.256. The van der Waals surface area contributed by atoms with Crippen molar-refractivity contribution in [1.29, 1.82) is 0 Å². The molecule has 0 spiro atoms. The van der Waals surface area contributed by atoms with Crippen LogP contribution in [0.2, 0.25) is 0 Å². The molecule has 0 bridgehead atoms. The molecule has 2 heterocycles. The van der Waals surface area contributed by atoms with Crippen LogP contribution >= 0.6 is 0 Å². The van der Waals surface area contributed by atoms with E-state index in [4.69, 9.17) is 9.84 Å². The van der Waals surface area contributed by atoms with Crippen LogP contribution in [0.15, 0.2) is 29.3 Å². The van der Waals surface area contributed by atoms with Gasteiger partial charge in [-0.2, -0.15) is 13.4 Å². The second kappa shape index (κ2) is 8.60. The minimum absolute atomic E-state index is 0.107. The van der Waals surface area contributed by atoms with Gasteiger partial charge in [0, 0.05) is 25.4 Å². The van der Waals surface area contributed by atoms with Crippen molar-refractivity contribution in [2.45, 2.75) is 11.9 Å². The summed E-state index contributed by atoms with van der Waals surface area (Å²) in [5, 5.41) is 10.9. The predicted molar refractivity (Wildman–Crippen MR) is 97.3 cm³/mol.